The topological polar surface area (TPSA) is 49.8 Å². The summed E-state index contributed by atoms with van der Waals surface area (Å²) in [6.45, 7) is 0.871. The van der Waals surface area contributed by atoms with Gasteiger partial charge in [0.05, 0.1) is 6.10 Å². The summed E-state index contributed by atoms with van der Waals surface area (Å²) in [6.07, 6.45) is -3.61. The van der Waals surface area contributed by atoms with Gasteiger partial charge < -0.3 is 14.7 Å². The molecule has 1 unspecified atom stereocenters. The predicted molar refractivity (Wildman–Crippen MR) is 73.3 cm³/mol. The molecule has 0 spiro atoms. The first kappa shape index (κ1) is 16.6. The fourth-order valence-corrected chi connectivity index (χ4v) is 2.52. The van der Waals surface area contributed by atoms with Gasteiger partial charge in [0.15, 0.2) is 0 Å². The van der Waals surface area contributed by atoms with Crippen molar-refractivity contribution >= 4 is 5.91 Å². The molecular formula is C15H18F3NO3. The van der Waals surface area contributed by atoms with Crippen molar-refractivity contribution in [1.82, 2.24) is 4.90 Å². The molecule has 0 aliphatic carbocycles. The number of nitrogens with zero attached hydrogens (tertiary/aromatic N) is 1. The van der Waals surface area contributed by atoms with E-state index in [-0.39, 0.29) is 24.5 Å². The van der Waals surface area contributed by atoms with Gasteiger partial charge in [0.2, 0.25) is 5.91 Å². The van der Waals surface area contributed by atoms with Crippen molar-refractivity contribution < 1.29 is 27.8 Å². The maximum absolute atomic E-state index is 12.3. The Balaban J connectivity index is 1.95. The second-order valence-corrected chi connectivity index (χ2v) is 5.29. The van der Waals surface area contributed by atoms with Gasteiger partial charge in [-0.2, -0.15) is 0 Å². The Morgan fingerprint density at radius 3 is 2.77 bits per heavy atom. The summed E-state index contributed by atoms with van der Waals surface area (Å²) in [6, 6.07) is 5.80. The third-order valence-corrected chi connectivity index (χ3v) is 3.56. The van der Waals surface area contributed by atoms with Gasteiger partial charge >= 0.3 is 6.36 Å². The minimum Gasteiger partial charge on any atom is -0.406 e. The number of likely N-dealkylation sites (tertiary alicyclic amines) is 1. The highest BCUT2D eigenvalue weighted by Gasteiger charge is 2.32. The Morgan fingerprint density at radius 1 is 1.36 bits per heavy atom. The molecular weight excluding hydrogens is 299 g/mol. The van der Waals surface area contributed by atoms with Crippen LogP contribution in [0.15, 0.2) is 24.3 Å². The zero-order chi connectivity index (χ0) is 16.2. The van der Waals surface area contributed by atoms with Crippen LogP contribution in [0.2, 0.25) is 0 Å². The van der Waals surface area contributed by atoms with Crippen LogP contribution in [0, 0.1) is 0 Å². The summed E-state index contributed by atoms with van der Waals surface area (Å²) in [4.78, 5) is 13.6. The number of hydrogen-bond donors (Lipinski definition) is 1. The predicted octanol–water partition coefficient (Wildman–Crippen LogP) is 2.50. The summed E-state index contributed by atoms with van der Waals surface area (Å²) in [7, 11) is 0. The van der Waals surface area contributed by atoms with Crippen LogP contribution in [0.5, 0.6) is 5.75 Å². The standard InChI is InChI=1S/C15H18F3NO3/c16-15(17,18)22-13-6-2-1-4-11(13)7-8-14(21)19-9-3-5-12(20)10-19/h1-2,4,6,12,20H,3,5,7-10H2. The van der Waals surface area contributed by atoms with E-state index >= 15 is 0 Å². The van der Waals surface area contributed by atoms with Crippen molar-refractivity contribution in [2.75, 3.05) is 13.1 Å². The second kappa shape index (κ2) is 7.00. The van der Waals surface area contributed by atoms with Gasteiger partial charge in [-0.15, -0.1) is 13.2 Å². The van der Waals surface area contributed by atoms with Crippen LogP contribution in [0.3, 0.4) is 0 Å². The van der Waals surface area contributed by atoms with Crippen LogP contribution >= 0.6 is 0 Å². The Kier molecular flexibility index (Phi) is 5.28. The normalized spacial score (nSPS) is 19.1. The molecule has 1 aromatic rings. The molecule has 1 aromatic carbocycles. The number of rotatable bonds is 4. The van der Waals surface area contributed by atoms with Crippen LogP contribution in [0.4, 0.5) is 13.2 Å². The van der Waals surface area contributed by atoms with Gasteiger partial charge in [-0.3, -0.25) is 4.79 Å². The summed E-state index contributed by atoms with van der Waals surface area (Å²) in [5, 5.41) is 9.55. The highest BCUT2D eigenvalue weighted by Crippen LogP contribution is 2.27. The molecule has 122 valence electrons. The maximum atomic E-state index is 12.3. The Morgan fingerprint density at radius 2 is 2.09 bits per heavy atom. The number of halogens is 3. The highest BCUT2D eigenvalue weighted by molar-refractivity contribution is 5.76. The minimum atomic E-state index is -4.75. The van der Waals surface area contributed by atoms with Crippen molar-refractivity contribution in [3.05, 3.63) is 29.8 Å². The van der Waals surface area contributed by atoms with Gasteiger partial charge in [0.1, 0.15) is 5.75 Å². The number of alkyl halides is 3. The lowest BCUT2D eigenvalue weighted by atomic mass is 10.1. The van der Waals surface area contributed by atoms with Gasteiger partial charge in [0.25, 0.3) is 0 Å². The van der Waals surface area contributed by atoms with Crippen LogP contribution < -0.4 is 4.74 Å². The molecule has 0 aromatic heterocycles. The zero-order valence-electron chi connectivity index (χ0n) is 12.0. The number of hydrogen-bond acceptors (Lipinski definition) is 3. The lowest BCUT2D eigenvalue weighted by molar-refractivity contribution is -0.274. The molecule has 4 nitrogen and oxygen atoms in total. The van der Waals surface area contributed by atoms with E-state index in [1.807, 2.05) is 0 Å². The molecule has 1 aliphatic rings. The summed E-state index contributed by atoms with van der Waals surface area (Å²) >= 11 is 0. The van der Waals surface area contributed by atoms with Gasteiger partial charge in [0, 0.05) is 19.5 Å². The Hall–Kier alpha value is -1.76. The van der Waals surface area contributed by atoms with Crippen molar-refractivity contribution in [3.8, 4) is 5.75 Å². The van der Waals surface area contributed by atoms with Crippen LogP contribution in [0.1, 0.15) is 24.8 Å². The van der Waals surface area contributed by atoms with Gasteiger partial charge in [-0.05, 0) is 30.9 Å². The highest BCUT2D eigenvalue weighted by atomic mass is 19.4. The number of carbonyl (C=O) groups is 1. The van der Waals surface area contributed by atoms with E-state index in [4.69, 9.17) is 0 Å². The number of amides is 1. The first-order valence-corrected chi connectivity index (χ1v) is 7.14. The van der Waals surface area contributed by atoms with E-state index in [0.717, 1.165) is 6.42 Å². The van der Waals surface area contributed by atoms with E-state index in [2.05, 4.69) is 4.74 Å². The summed E-state index contributed by atoms with van der Waals surface area (Å²) < 4.78 is 40.9. The van der Waals surface area contributed by atoms with Gasteiger partial charge in [-0.25, -0.2) is 0 Å². The number of aliphatic hydroxyl groups is 1. The molecule has 0 radical (unpaired) electrons. The lowest BCUT2D eigenvalue weighted by Gasteiger charge is -2.30. The van der Waals surface area contributed by atoms with Crippen LogP contribution in [0.25, 0.3) is 0 Å². The van der Waals surface area contributed by atoms with E-state index in [9.17, 15) is 23.1 Å². The quantitative estimate of drug-likeness (QED) is 0.928. The molecule has 7 heteroatoms. The molecule has 1 fully saturated rings. The maximum Gasteiger partial charge on any atom is 0.573 e. The Labute approximate surface area is 126 Å². The van der Waals surface area contributed by atoms with E-state index in [1.54, 1.807) is 11.0 Å². The average molecular weight is 317 g/mol. The van der Waals surface area contributed by atoms with Gasteiger partial charge in [-0.1, -0.05) is 18.2 Å². The molecule has 0 saturated carbocycles. The molecule has 2 rings (SSSR count). The first-order chi connectivity index (χ1) is 10.3. The van der Waals surface area contributed by atoms with Crippen molar-refractivity contribution in [1.29, 1.82) is 0 Å². The number of carbonyl (C=O) groups excluding carboxylic acids is 1. The monoisotopic (exact) mass is 317 g/mol. The fraction of sp³-hybridized carbons (Fsp3) is 0.533. The van der Waals surface area contributed by atoms with Crippen molar-refractivity contribution in [3.63, 3.8) is 0 Å². The molecule has 1 saturated heterocycles. The number of aryl methyl sites for hydroxylation is 1. The number of β-amino-alcohol motifs (C(OH)–C–C–N with tert-alkyl or cyclic N) is 1. The van der Waals surface area contributed by atoms with E-state index in [1.165, 1.54) is 18.2 Å². The molecule has 22 heavy (non-hydrogen) atoms. The number of ether oxygens (including phenoxy) is 1. The number of benzene rings is 1. The van der Waals surface area contributed by atoms with E-state index in [0.29, 0.717) is 25.1 Å². The zero-order valence-corrected chi connectivity index (χ0v) is 12.0. The SMILES string of the molecule is O=C(CCc1ccccc1OC(F)(F)F)N1CCCC(O)C1. The fourth-order valence-electron chi connectivity index (χ4n) is 2.52. The largest absolute Gasteiger partial charge is 0.573 e. The van der Waals surface area contributed by atoms with Crippen molar-refractivity contribution in [2.24, 2.45) is 0 Å². The Bertz CT molecular complexity index is 519. The smallest absolute Gasteiger partial charge is 0.406 e. The summed E-state index contributed by atoms with van der Waals surface area (Å²) in [5.74, 6) is -0.443. The first-order valence-electron chi connectivity index (χ1n) is 7.14. The average Bonchev–Trinajstić information content (AvgIpc) is 2.44. The van der Waals surface area contributed by atoms with E-state index < -0.39 is 12.5 Å². The number of aliphatic hydroxyl groups excluding tert-OH is 1. The minimum absolute atomic E-state index is 0.0882. The van der Waals surface area contributed by atoms with Crippen LogP contribution in [-0.2, 0) is 11.2 Å². The summed E-state index contributed by atoms with van der Waals surface area (Å²) in [5.41, 5.74) is 0.339. The molecule has 1 amide bonds. The molecule has 1 aliphatic heterocycles. The molecule has 0 bridgehead atoms. The third-order valence-electron chi connectivity index (χ3n) is 3.56. The molecule has 1 N–H and O–H groups in total. The second-order valence-electron chi connectivity index (χ2n) is 5.29. The molecule has 1 atom stereocenters. The number of piperidine rings is 1. The third kappa shape index (κ3) is 4.91. The number of para-hydroxylation sites is 1. The van der Waals surface area contributed by atoms with Crippen molar-refractivity contribution in [2.45, 2.75) is 38.1 Å². The molecule has 1 heterocycles. The van der Waals surface area contributed by atoms with Crippen LogP contribution in [-0.4, -0.2) is 41.5 Å². The lowest BCUT2D eigenvalue weighted by Crippen LogP contribution is -2.42.